The van der Waals surface area contributed by atoms with E-state index in [4.69, 9.17) is 5.73 Å². The summed E-state index contributed by atoms with van der Waals surface area (Å²) in [6.07, 6.45) is 4.16. The maximum absolute atomic E-state index is 11.4. The van der Waals surface area contributed by atoms with Crippen molar-refractivity contribution in [3.8, 4) is 0 Å². The van der Waals surface area contributed by atoms with E-state index < -0.39 is 17.9 Å². The topological polar surface area (TPSA) is 109 Å². The Morgan fingerprint density at radius 2 is 2.11 bits per heavy atom. The molecule has 1 aromatic rings. The molecule has 2 heterocycles. The number of piperidine rings is 1. The molecule has 0 spiro atoms. The van der Waals surface area contributed by atoms with E-state index in [0.717, 1.165) is 6.42 Å². The number of carbonyl (C=O) groups is 2. The number of anilines is 1. The van der Waals surface area contributed by atoms with Gasteiger partial charge in [0.1, 0.15) is 6.04 Å². The van der Waals surface area contributed by atoms with Crippen LogP contribution in [0.5, 0.6) is 0 Å². The molecule has 1 aromatic heterocycles. The Kier molecular flexibility index (Phi) is 3.64. The highest BCUT2D eigenvalue weighted by Crippen LogP contribution is 2.28. The SMILES string of the molecule is CC1CCN(c2nccnc2C(N)=O)C(C(=O)O)C1. The van der Waals surface area contributed by atoms with Crippen LogP contribution in [0.3, 0.4) is 0 Å². The van der Waals surface area contributed by atoms with Crippen LogP contribution in [-0.2, 0) is 4.79 Å². The molecule has 3 N–H and O–H groups in total. The first-order valence-corrected chi connectivity index (χ1v) is 6.11. The lowest BCUT2D eigenvalue weighted by molar-refractivity contribution is -0.139. The van der Waals surface area contributed by atoms with E-state index in [1.165, 1.54) is 12.4 Å². The molecule has 7 heteroatoms. The van der Waals surface area contributed by atoms with Gasteiger partial charge >= 0.3 is 5.97 Å². The van der Waals surface area contributed by atoms with Crippen LogP contribution < -0.4 is 10.6 Å². The Labute approximate surface area is 110 Å². The number of carboxylic acids is 1. The minimum Gasteiger partial charge on any atom is -0.480 e. The van der Waals surface area contributed by atoms with Crippen LogP contribution in [0.2, 0.25) is 0 Å². The number of carbonyl (C=O) groups excluding carboxylic acids is 1. The molecule has 1 fully saturated rings. The van der Waals surface area contributed by atoms with Gasteiger partial charge in [-0.3, -0.25) is 4.79 Å². The molecule has 0 radical (unpaired) electrons. The Morgan fingerprint density at radius 3 is 2.74 bits per heavy atom. The van der Waals surface area contributed by atoms with Gasteiger partial charge in [0.25, 0.3) is 5.91 Å². The average molecular weight is 264 g/mol. The first-order chi connectivity index (χ1) is 9.00. The van der Waals surface area contributed by atoms with Crippen molar-refractivity contribution in [3.05, 3.63) is 18.1 Å². The van der Waals surface area contributed by atoms with Crippen molar-refractivity contribution in [2.24, 2.45) is 11.7 Å². The van der Waals surface area contributed by atoms with Crippen LogP contribution in [-0.4, -0.2) is 39.5 Å². The molecule has 2 unspecified atom stereocenters. The third-order valence-corrected chi connectivity index (χ3v) is 3.33. The number of nitrogens with zero attached hydrogens (tertiary/aromatic N) is 3. The first kappa shape index (κ1) is 13.3. The van der Waals surface area contributed by atoms with Crippen LogP contribution >= 0.6 is 0 Å². The van der Waals surface area contributed by atoms with E-state index >= 15 is 0 Å². The molecule has 102 valence electrons. The quantitative estimate of drug-likeness (QED) is 0.810. The molecule has 0 saturated carbocycles. The van der Waals surface area contributed by atoms with Gasteiger partial charge in [0.15, 0.2) is 11.5 Å². The van der Waals surface area contributed by atoms with Crippen molar-refractivity contribution in [1.82, 2.24) is 9.97 Å². The third-order valence-electron chi connectivity index (χ3n) is 3.33. The Hall–Kier alpha value is -2.18. The van der Waals surface area contributed by atoms with Gasteiger partial charge in [-0.1, -0.05) is 6.92 Å². The van der Waals surface area contributed by atoms with Gasteiger partial charge in [-0.25, -0.2) is 14.8 Å². The second kappa shape index (κ2) is 5.21. The lowest BCUT2D eigenvalue weighted by Gasteiger charge is -2.37. The van der Waals surface area contributed by atoms with E-state index in [1.54, 1.807) is 4.90 Å². The predicted molar refractivity (Wildman–Crippen MR) is 67.7 cm³/mol. The van der Waals surface area contributed by atoms with E-state index in [1.807, 2.05) is 6.92 Å². The summed E-state index contributed by atoms with van der Waals surface area (Å²) < 4.78 is 0. The second-order valence-electron chi connectivity index (χ2n) is 4.77. The van der Waals surface area contributed by atoms with Gasteiger partial charge in [0.2, 0.25) is 0 Å². The molecular weight excluding hydrogens is 248 g/mol. The van der Waals surface area contributed by atoms with Crippen LogP contribution in [0.25, 0.3) is 0 Å². The smallest absolute Gasteiger partial charge is 0.326 e. The van der Waals surface area contributed by atoms with E-state index in [9.17, 15) is 14.7 Å². The largest absolute Gasteiger partial charge is 0.480 e. The molecule has 0 aliphatic carbocycles. The fourth-order valence-corrected chi connectivity index (χ4v) is 2.34. The normalized spacial score (nSPS) is 23.1. The minimum absolute atomic E-state index is 0.0169. The third kappa shape index (κ3) is 2.64. The fourth-order valence-electron chi connectivity index (χ4n) is 2.34. The Bertz CT molecular complexity index is 506. The molecule has 19 heavy (non-hydrogen) atoms. The van der Waals surface area contributed by atoms with Crippen LogP contribution in [0, 0.1) is 5.92 Å². The number of rotatable bonds is 3. The summed E-state index contributed by atoms with van der Waals surface area (Å²) in [5.74, 6) is -1.04. The molecule has 2 rings (SSSR count). The highest BCUT2D eigenvalue weighted by atomic mass is 16.4. The van der Waals surface area contributed by atoms with Gasteiger partial charge in [-0.05, 0) is 18.8 Å². The van der Waals surface area contributed by atoms with Crippen molar-refractivity contribution < 1.29 is 14.7 Å². The molecule has 0 bridgehead atoms. The number of carboxylic acid groups (broad SMARTS) is 1. The van der Waals surface area contributed by atoms with E-state index in [-0.39, 0.29) is 11.5 Å². The molecule has 7 nitrogen and oxygen atoms in total. The average Bonchev–Trinajstić information content (AvgIpc) is 2.38. The Morgan fingerprint density at radius 1 is 1.42 bits per heavy atom. The Balaban J connectivity index is 2.39. The second-order valence-corrected chi connectivity index (χ2v) is 4.77. The standard InChI is InChI=1S/C12H16N4O3/c1-7-2-5-16(8(6-7)12(18)19)11-9(10(13)17)14-3-4-15-11/h3-4,7-8H,2,5-6H2,1H3,(H2,13,17)(H,18,19). The van der Waals surface area contributed by atoms with Gasteiger partial charge in [-0.2, -0.15) is 0 Å². The van der Waals surface area contributed by atoms with Crippen LogP contribution in [0.15, 0.2) is 12.4 Å². The number of primary amides is 1. The molecule has 1 amide bonds. The van der Waals surface area contributed by atoms with E-state index in [2.05, 4.69) is 9.97 Å². The molecule has 0 aromatic carbocycles. The number of nitrogens with two attached hydrogens (primary N) is 1. The zero-order chi connectivity index (χ0) is 14.0. The lowest BCUT2D eigenvalue weighted by atomic mass is 9.92. The van der Waals surface area contributed by atoms with Gasteiger partial charge < -0.3 is 15.7 Å². The van der Waals surface area contributed by atoms with E-state index in [0.29, 0.717) is 18.9 Å². The van der Waals surface area contributed by atoms with Crippen molar-refractivity contribution in [2.45, 2.75) is 25.8 Å². The maximum atomic E-state index is 11.4. The van der Waals surface area contributed by atoms with Gasteiger partial charge in [0, 0.05) is 18.9 Å². The van der Waals surface area contributed by atoms with Crippen molar-refractivity contribution in [3.63, 3.8) is 0 Å². The summed E-state index contributed by atoms with van der Waals surface area (Å²) in [5, 5.41) is 9.31. The molecule has 1 saturated heterocycles. The highest BCUT2D eigenvalue weighted by Gasteiger charge is 2.34. The minimum atomic E-state index is -0.923. The number of hydrogen-bond acceptors (Lipinski definition) is 5. The molecular formula is C12H16N4O3. The summed E-state index contributed by atoms with van der Waals surface area (Å²) in [6.45, 7) is 2.54. The summed E-state index contributed by atoms with van der Waals surface area (Å²) >= 11 is 0. The summed E-state index contributed by atoms with van der Waals surface area (Å²) in [6, 6.07) is -0.696. The van der Waals surface area contributed by atoms with Crippen molar-refractivity contribution >= 4 is 17.7 Å². The summed E-state index contributed by atoms with van der Waals surface area (Å²) in [5.41, 5.74) is 5.27. The van der Waals surface area contributed by atoms with Gasteiger partial charge in [-0.15, -0.1) is 0 Å². The molecule has 1 aliphatic rings. The monoisotopic (exact) mass is 264 g/mol. The summed E-state index contributed by atoms with van der Waals surface area (Å²) in [4.78, 5) is 32.3. The first-order valence-electron chi connectivity index (χ1n) is 6.11. The number of hydrogen-bond donors (Lipinski definition) is 2. The van der Waals surface area contributed by atoms with Crippen molar-refractivity contribution in [2.75, 3.05) is 11.4 Å². The van der Waals surface area contributed by atoms with Crippen LogP contribution in [0.4, 0.5) is 5.82 Å². The molecule has 2 atom stereocenters. The fraction of sp³-hybridized carbons (Fsp3) is 0.500. The lowest BCUT2D eigenvalue weighted by Crippen LogP contribution is -2.48. The number of aliphatic carboxylic acids is 1. The van der Waals surface area contributed by atoms with Crippen LogP contribution in [0.1, 0.15) is 30.3 Å². The van der Waals surface area contributed by atoms with Crippen molar-refractivity contribution in [1.29, 1.82) is 0 Å². The summed E-state index contributed by atoms with van der Waals surface area (Å²) in [7, 11) is 0. The maximum Gasteiger partial charge on any atom is 0.326 e. The molecule has 1 aliphatic heterocycles. The number of amides is 1. The zero-order valence-electron chi connectivity index (χ0n) is 10.6. The number of aromatic nitrogens is 2. The predicted octanol–water partition coefficient (Wildman–Crippen LogP) is 0.265. The highest BCUT2D eigenvalue weighted by molar-refractivity contribution is 5.96. The van der Waals surface area contributed by atoms with Gasteiger partial charge in [0.05, 0.1) is 0 Å². The zero-order valence-corrected chi connectivity index (χ0v) is 10.6.